The van der Waals surface area contributed by atoms with E-state index in [0.717, 1.165) is 32.5 Å². The maximum absolute atomic E-state index is 12.2. The van der Waals surface area contributed by atoms with E-state index in [2.05, 4.69) is 11.7 Å². The number of ether oxygens (including phenoxy) is 1. The monoisotopic (exact) mass is 270 g/mol. The molecule has 0 saturated carbocycles. The van der Waals surface area contributed by atoms with Crippen molar-refractivity contribution in [3.63, 3.8) is 0 Å². The van der Waals surface area contributed by atoms with Crippen LogP contribution in [0.1, 0.15) is 33.1 Å². The van der Waals surface area contributed by atoms with E-state index in [0.29, 0.717) is 12.5 Å². The van der Waals surface area contributed by atoms with Crippen LogP contribution in [0.4, 0.5) is 0 Å². The summed E-state index contributed by atoms with van der Waals surface area (Å²) < 4.78 is 4.67. The zero-order chi connectivity index (χ0) is 14.3. The number of methoxy groups -OCH3 is 1. The molecule has 1 heterocycles. The van der Waals surface area contributed by atoms with Gasteiger partial charge in [-0.25, -0.2) is 0 Å². The SMILES string of the molecule is CCCN(CC(=O)OC)CC(=O)N1CCCC(C)C1. The second-order valence-corrected chi connectivity index (χ2v) is 5.37. The van der Waals surface area contributed by atoms with Gasteiger partial charge >= 0.3 is 5.97 Å². The van der Waals surface area contributed by atoms with Crippen LogP contribution < -0.4 is 0 Å². The van der Waals surface area contributed by atoms with Gasteiger partial charge in [-0.05, 0) is 31.7 Å². The van der Waals surface area contributed by atoms with Crippen molar-refractivity contribution in [1.29, 1.82) is 0 Å². The summed E-state index contributed by atoms with van der Waals surface area (Å²) in [5.41, 5.74) is 0. The van der Waals surface area contributed by atoms with Crippen molar-refractivity contribution in [2.75, 3.05) is 39.8 Å². The van der Waals surface area contributed by atoms with E-state index >= 15 is 0 Å². The van der Waals surface area contributed by atoms with Crippen molar-refractivity contribution in [3.05, 3.63) is 0 Å². The van der Waals surface area contributed by atoms with Crippen molar-refractivity contribution in [3.8, 4) is 0 Å². The minimum absolute atomic E-state index is 0.129. The summed E-state index contributed by atoms with van der Waals surface area (Å²) in [5, 5.41) is 0. The molecule has 1 saturated heterocycles. The van der Waals surface area contributed by atoms with Crippen molar-refractivity contribution < 1.29 is 14.3 Å². The summed E-state index contributed by atoms with van der Waals surface area (Å²) in [7, 11) is 1.38. The predicted octanol–water partition coefficient (Wildman–Crippen LogP) is 1.13. The highest BCUT2D eigenvalue weighted by Crippen LogP contribution is 2.15. The summed E-state index contributed by atoms with van der Waals surface area (Å²) in [4.78, 5) is 27.3. The van der Waals surface area contributed by atoms with Crippen molar-refractivity contribution >= 4 is 11.9 Å². The van der Waals surface area contributed by atoms with Crippen molar-refractivity contribution in [2.24, 2.45) is 5.92 Å². The topological polar surface area (TPSA) is 49.9 Å². The average Bonchev–Trinajstić information content (AvgIpc) is 2.38. The number of piperidine rings is 1. The summed E-state index contributed by atoms with van der Waals surface area (Å²) in [6, 6.07) is 0. The molecule has 0 aromatic heterocycles. The molecule has 0 aromatic rings. The smallest absolute Gasteiger partial charge is 0.319 e. The van der Waals surface area contributed by atoms with Gasteiger partial charge in [-0.15, -0.1) is 0 Å². The van der Waals surface area contributed by atoms with E-state index in [4.69, 9.17) is 0 Å². The fraction of sp³-hybridized carbons (Fsp3) is 0.857. The third-order valence-corrected chi connectivity index (χ3v) is 3.49. The highest BCUT2D eigenvalue weighted by Gasteiger charge is 2.23. The number of amides is 1. The fourth-order valence-corrected chi connectivity index (χ4v) is 2.48. The molecule has 0 aromatic carbocycles. The molecule has 0 spiro atoms. The molecular formula is C14H26N2O3. The Bertz CT molecular complexity index is 307. The van der Waals surface area contributed by atoms with Crippen LogP contribution in [0.2, 0.25) is 0 Å². The van der Waals surface area contributed by atoms with E-state index in [-0.39, 0.29) is 18.4 Å². The molecule has 5 heteroatoms. The Kier molecular flexibility index (Phi) is 6.84. The zero-order valence-corrected chi connectivity index (χ0v) is 12.4. The molecule has 1 aliphatic rings. The number of likely N-dealkylation sites (tertiary alicyclic amines) is 1. The molecule has 0 N–H and O–H groups in total. The number of carbonyl (C=O) groups excluding carboxylic acids is 2. The molecule has 1 amide bonds. The Labute approximate surface area is 115 Å². The van der Waals surface area contributed by atoms with Gasteiger partial charge < -0.3 is 9.64 Å². The fourth-order valence-electron chi connectivity index (χ4n) is 2.48. The van der Waals surface area contributed by atoms with E-state index in [1.165, 1.54) is 13.5 Å². The van der Waals surface area contributed by atoms with Crippen molar-refractivity contribution in [1.82, 2.24) is 9.80 Å². The van der Waals surface area contributed by atoms with Crippen LogP contribution in [0, 0.1) is 5.92 Å². The van der Waals surface area contributed by atoms with Crippen LogP contribution >= 0.6 is 0 Å². The van der Waals surface area contributed by atoms with E-state index < -0.39 is 0 Å². The number of hydrogen-bond donors (Lipinski definition) is 0. The summed E-state index contributed by atoms with van der Waals surface area (Å²) >= 11 is 0. The van der Waals surface area contributed by atoms with Crippen molar-refractivity contribution in [2.45, 2.75) is 33.1 Å². The molecule has 0 aliphatic carbocycles. The zero-order valence-electron chi connectivity index (χ0n) is 12.4. The lowest BCUT2D eigenvalue weighted by molar-refractivity contribution is -0.143. The molecular weight excluding hydrogens is 244 g/mol. The van der Waals surface area contributed by atoms with Gasteiger partial charge in [0.05, 0.1) is 20.2 Å². The van der Waals surface area contributed by atoms with E-state index in [1.807, 2.05) is 16.7 Å². The second-order valence-electron chi connectivity index (χ2n) is 5.37. The number of esters is 1. The first-order valence-electron chi connectivity index (χ1n) is 7.13. The number of carbonyl (C=O) groups is 2. The Morgan fingerprint density at radius 2 is 2.11 bits per heavy atom. The Morgan fingerprint density at radius 1 is 1.37 bits per heavy atom. The lowest BCUT2D eigenvalue weighted by atomic mass is 10.0. The molecule has 0 bridgehead atoms. The molecule has 1 atom stereocenters. The third kappa shape index (κ3) is 5.59. The summed E-state index contributed by atoms with van der Waals surface area (Å²) in [6.07, 6.45) is 3.20. The lowest BCUT2D eigenvalue weighted by Crippen LogP contribution is -2.46. The highest BCUT2D eigenvalue weighted by atomic mass is 16.5. The largest absolute Gasteiger partial charge is 0.468 e. The first-order valence-corrected chi connectivity index (χ1v) is 7.13. The lowest BCUT2D eigenvalue weighted by Gasteiger charge is -2.32. The van der Waals surface area contributed by atoms with Crippen LogP contribution in [0.15, 0.2) is 0 Å². The van der Waals surface area contributed by atoms with Gasteiger partial charge in [0, 0.05) is 13.1 Å². The van der Waals surface area contributed by atoms with Gasteiger partial charge in [-0.2, -0.15) is 0 Å². The standard InChI is InChI=1S/C14H26N2O3/c1-4-7-15(11-14(18)19-3)10-13(17)16-8-5-6-12(2)9-16/h12H,4-11H2,1-3H3. The molecule has 0 radical (unpaired) electrons. The predicted molar refractivity (Wildman–Crippen MR) is 73.7 cm³/mol. The molecule has 1 unspecified atom stereocenters. The Hall–Kier alpha value is -1.10. The number of nitrogens with zero attached hydrogens (tertiary/aromatic N) is 2. The quantitative estimate of drug-likeness (QED) is 0.679. The molecule has 110 valence electrons. The van der Waals surface area contributed by atoms with Crippen LogP contribution in [-0.2, 0) is 14.3 Å². The molecule has 19 heavy (non-hydrogen) atoms. The first kappa shape index (κ1) is 16.0. The van der Waals surface area contributed by atoms with E-state index in [1.54, 1.807) is 0 Å². The Balaban J connectivity index is 2.47. The summed E-state index contributed by atoms with van der Waals surface area (Å²) in [5.74, 6) is 0.426. The second kappa shape index (κ2) is 8.15. The van der Waals surface area contributed by atoms with E-state index in [9.17, 15) is 9.59 Å². The van der Waals surface area contributed by atoms with Gasteiger partial charge in [0.1, 0.15) is 0 Å². The molecule has 1 fully saturated rings. The van der Waals surface area contributed by atoms with Gasteiger partial charge in [-0.1, -0.05) is 13.8 Å². The molecule has 5 nitrogen and oxygen atoms in total. The average molecular weight is 270 g/mol. The highest BCUT2D eigenvalue weighted by molar-refractivity contribution is 5.79. The maximum Gasteiger partial charge on any atom is 0.319 e. The molecule has 1 aliphatic heterocycles. The maximum atomic E-state index is 12.2. The van der Waals surface area contributed by atoms with Crippen LogP contribution in [0.5, 0.6) is 0 Å². The summed E-state index contributed by atoms with van der Waals surface area (Å²) in [6.45, 7) is 7.16. The first-order chi connectivity index (χ1) is 9.06. The van der Waals surface area contributed by atoms with Gasteiger partial charge in [0.2, 0.25) is 5.91 Å². The van der Waals surface area contributed by atoms with Gasteiger partial charge in [0.25, 0.3) is 0 Å². The minimum Gasteiger partial charge on any atom is -0.468 e. The normalized spacial score (nSPS) is 19.6. The molecule has 1 rings (SSSR count). The Morgan fingerprint density at radius 3 is 2.68 bits per heavy atom. The van der Waals surface area contributed by atoms with Gasteiger partial charge in [0.15, 0.2) is 0 Å². The van der Waals surface area contributed by atoms with Crippen LogP contribution in [-0.4, -0.2) is 61.5 Å². The number of rotatable bonds is 6. The van der Waals surface area contributed by atoms with Gasteiger partial charge in [-0.3, -0.25) is 14.5 Å². The minimum atomic E-state index is -0.284. The van der Waals surface area contributed by atoms with Crippen LogP contribution in [0.3, 0.4) is 0 Å². The number of hydrogen-bond acceptors (Lipinski definition) is 4. The van der Waals surface area contributed by atoms with Crippen LogP contribution in [0.25, 0.3) is 0 Å². The third-order valence-electron chi connectivity index (χ3n) is 3.49.